The van der Waals surface area contributed by atoms with Crippen LogP contribution in [0.1, 0.15) is 13.3 Å². The van der Waals surface area contributed by atoms with E-state index in [0.717, 1.165) is 0 Å². The lowest BCUT2D eigenvalue weighted by Crippen LogP contribution is -2.41. The third-order valence-electron chi connectivity index (χ3n) is 2.60. The summed E-state index contributed by atoms with van der Waals surface area (Å²) >= 11 is 0. The van der Waals surface area contributed by atoms with E-state index in [1.165, 1.54) is 31.2 Å². The molecule has 0 aliphatic rings. The Kier molecular flexibility index (Phi) is 4.94. The van der Waals surface area contributed by atoms with E-state index in [4.69, 9.17) is 10.4 Å². The molecule has 1 atom stereocenters. The van der Waals surface area contributed by atoms with Gasteiger partial charge < -0.3 is 10.2 Å². The van der Waals surface area contributed by atoms with Crippen LogP contribution < -0.4 is 4.31 Å². The van der Waals surface area contributed by atoms with Crippen LogP contribution in [-0.2, 0) is 14.8 Å². The fourth-order valence-electron chi connectivity index (χ4n) is 1.59. The Bertz CT molecular complexity index is 618. The molecule has 2 N–H and O–H groups in total. The van der Waals surface area contributed by atoms with Crippen LogP contribution in [0.15, 0.2) is 24.3 Å². The monoisotopic (exact) mass is 298 g/mol. The Morgan fingerprint density at radius 1 is 1.40 bits per heavy atom. The van der Waals surface area contributed by atoms with Crippen molar-refractivity contribution in [1.82, 2.24) is 0 Å². The number of benzene rings is 1. The number of hydrogen-bond acceptors (Lipinski definition) is 5. The van der Waals surface area contributed by atoms with Crippen molar-refractivity contribution in [3.05, 3.63) is 24.3 Å². The van der Waals surface area contributed by atoms with Crippen molar-refractivity contribution >= 4 is 21.7 Å². The molecule has 1 unspecified atom stereocenters. The average Bonchev–Trinajstić information content (AvgIpc) is 2.38. The first-order chi connectivity index (χ1) is 9.32. The number of nitriles is 1. The van der Waals surface area contributed by atoms with E-state index in [1.807, 2.05) is 0 Å². The van der Waals surface area contributed by atoms with E-state index < -0.39 is 27.8 Å². The van der Waals surface area contributed by atoms with E-state index in [0.29, 0.717) is 4.31 Å². The van der Waals surface area contributed by atoms with Crippen LogP contribution in [0.5, 0.6) is 5.75 Å². The lowest BCUT2D eigenvalue weighted by molar-refractivity contribution is -0.135. The summed E-state index contributed by atoms with van der Waals surface area (Å²) in [4.78, 5) is 10.9. The average molecular weight is 298 g/mol. The van der Waals surface area contributed by atoms with Crippen molar-refractivity contribution in [1.29, 1.82) is 5.26 Å². The minimum atomic E-state index is -4.11. The standard InChI is InChI=1S/C12H14N2O5S/c1-2-11(7-13)20(18,19)14(8-12(16)17)9-3-5-10(15)6-4-9/h3-6,11,15H,2,8H2,1H3,(H,16,17). The molecular weight excluding hydrogens is 284 g/mol. The molecule has 0 bridgehead atoms. The zero-order valence-electron chi connectivity index (χ0n) is 10.7. The Morgan fingerprint density at radius 2 is 1.95 bits per heavy atom. The second-order valence-electron chi connectivity index (χ2n) is 3.99. The molecule has 0 aromatic heterocycles. The number of rotatable bonds is 6. The van der Waals surface area contributed by atoms with Gasteiger partial charge in [-0.3, -0.25) is 9.10 Å². The molecule has 7 nitrogen and oxygen atoms in total. The smallest absolute Gasteiger partial charge is 0.324 e. The summed E-state index contributed by atoms with van der Waals surface area (Å²) in [6.45, 7) is 0.743. The molecule has 0 amide bonds. The normalized spacial score (nSPS) is 12.4. The Labute approximate surface area is 116 Å². The van der Waals surface area contributed by atoms with Gasteiger partial charge in [0.1, 0.15) is 12.3 Å². The summed E-state index contributed by atoms with van der Waals surface area (Å²) in [6.07, 6.45) is 0.0486. The van der Waals surface area contributed by atoms with E-state index in [9.17, 15) is 18.3 Å². The maximum absolute atomic E-state index is 12.3. The van der Waals surface area contributed by atoms with E-state index in [2.05, 4.69) is 0 Å². The summed E-state index contributed by atoms with van der Waals surface area (Å²) in [7, 11) is -4.11. The number of carboxylic acids is 1. The third-order valence-corrected chi connectivity index (χ3v) is 4.71. The summed E-state index contributed by atoms with van der Waals surface area (Å²) in [5.74, 6) is -1.41. The Morgan fingerprint density at radius 3 is 2.35 bits per heavy atom. The van der Waals surface area contributed by atoms with Crippen LogP contribution in [-0.4, -0.2) is 36.4 Å². The van der Waals surface area contributed by atoms with Crippen molar-refractivity contribution in [3.8, 4) is 11.8 Å². The number of carboxylic acid groups (broad SMARTS) is 1. The van der Waals surface area contributed by atoms with Gasteiger partial charge in [0.15, 0.2) is 5.25 Å². The molecule has 0 heterocycles. The largest absolute Gasteiger partial charge is 0.508 e. The lowest BCUT2D eigenvalue weighted by atomic mass is 10.3. The SMILES string of the molecule is CCC(C#N)S(=O)(=O)N(CC(=O)O)c1ccc(O)cc1. The molecule has 8 heteroatoms. The van der Waals surface area contributed by atoms with Gasteiger partial charge >= 0.3 is 5.97 Å². The number of hydrogen-bond donors (Lipinski definition) is 2. The zero-order chi connectivity index (χ0) is 15.3. The quantitative estimate of drug-likeness (QED) is 0.806. The van der Waals surface area contributed by atoms with Crippen molar-refractivity contribution in [2.45, 2.75) is 18.6 Å². The molecule has 1 rings (SSSR count). The molecule has 0 fully saturated rings. The van der Waals surface area contributed by atoms with Gasteiger partial charge in [-0.05, 0) is 30.7 Å². The highest BCUT2D eigenvalue weighted by atomic mass is 32.2. The van der Waals surface area contributed by atoms with Gasteiger partial charge in [0.05, 0.1) is 11.8 Å². The maximum atomic E-state index is 12.3. The Balaban J connectivity index is 3.29. The molecule has 0 aliphatic heterocycles. The lowest BCUT2D eigenvalue weighted by Gasteiger charge is -2.24. The highest BCUT2D eigenvalue weighted by Crippen LogP contribution is 2.24. The number of aliphatic carboxylic acids is 1. The predicted molar refractivity (Wildman–Crippen MR) is 71.7 cm³/mol. The van der Waals surface area contributed by atoms with Crippen LogP contribution in [0.3, 0.4) is 0 Å². The summed E-state index contributed by atoms with van der Waals surface area (Å²) < 4.78 is 25.2. The topological polar surface area (TPSA) is 119 Å². The van der Waals surface area contributed by atoms with Gasteiger partial charge in [0.2, 0.25) is 0 Å². The maximum Gasteiger partial charge on any atom is 0.324 e. The minimum Gasteiger partial charge on any atom is -0.508 e. The van der Waals surface area contributed by atoms with Crippen molar-refractivity contribution in [2.24, 2.45) is 0 Å². The van der Waals surface area contributed by atoms with Crippen LogP contribution in [0, 0.1) is 11.3 Å². The van der Waals surface area contributed by atoms with E-state index >= 15 is 0 Å². The number of sulfonamides is 1. The van der Waals surface area contributed by atoms with Crippen molar-refractivity contribution < 1.29 is 23.4 Å². The van der Waals surface area contributed by atoms with Crippen LogP contribution >= 0.6 is 0 Å². The molecule has 108 valence electrons. The van der Waals surface area contributed by atoms with E-state index in [1.54, 1.807) is 6.07 Å². The van der Waals surface area contributed by atoms with Crippen LogP contribution in [0.25, 0.3) is 0 Å². The Hall–Kier alpha value is -2.27. The highest BCUT2D eigenvalue weighted by molar-refractivity contribution is 7.93. The number of phenols is 1. The summed E-state index contributed by atoms with van der Waals surface area (Å²) in [5, 5.41) is 25.6. The summed E-state index contributed by atoms with van der Waals surface area (Å²) in [6, 6.07) is 6.70. The number of carbonyl (C=O) groups is 1. The molecule has 20 heavy (non-hydrogen) atoms. The van der Waals surface area contributed by atoms with Gasteiger partial charge in [-0.25, -0.2) is 8.42 Å². The van der Waals surface area contributed by atoms with Gasteiger partial charge in [-0.1, -0.05) is 6.92 Å². The molecule has 1 aromatic rings. The summed E-state index contributed by atoms with van der Waals surface area (Å²) in [5.41, 5.74) is 0.0823. The molecule has 0 saturated carbocycles. The highest BCUT2D eigenvalue weighted by Gasteiger charge is 2.32. The van der Waals surface area contributed by atoms with E-state index in [-0.39, 0.29) is 17.9 Å². The van der Waals surface area contributed by atoms with Gasteiger partial charge in [0.25, 0.3) is 10.0 Å². The number of phenolic OH excluding ortho intramolecular Hbond substituents is 1. The van der Waals surface area contributed by atoms with Gasteiger partial charge in [-0.15, -0.1) is 0 Å². The second-order valence-corrected chi connectivity index (χ2v) is 6.03. The predicted octanol–water partition coefficient (Wildman–Crippen LogP) is 0.915. The molecule has 0 radical (unpaired) electrons. The second kappa shape index (κ2) is 6.25. The first-order valence-electron chi connectivity index (χ1n) is 5.75. The zero-order valence-corrected chi connectivity index (χ0v) is 11.5. The number of nitrogens with zero attached hydrogens (tertiary/aromatic N) is 2. The molecule has 0 spiro atoms. The number of anilines is 1. The fourth-order valence-corrected chi connectivity index (χ4v) is 3.16. The van der Waals surface area contributed by atoms with Gasteiger partial charge in [0, 0.05) is 0 Å². The molecule has 0 aliphatic carbocycles. The third kappa shape index (κ3) is 3.39. The first kappa shape index (κ1) is 15.8. The molecule has 0 saturated heterocycles. The fraction of sp³-hybridized carbons (Fsp3) is 0.333. The molecular formula is C12H14N2O5S. The van der Waals surface area contributed by atoms with Gasteiger partial charge in [-0.2, -0.15) is 5.26 Å². The first-order valence-corrected chi connectivity index (χ1v) is 7.25. The van der Waals surface area contributed by atoms with Crippen molar-refractivity contribution in [2.75, 3.05) is 10.8 Å². The van der Waals surface area contributed by atoms with Crippen LogP contribution in [0.4, 0.5) is 5.69 Å². The minimum absolute atomic E-state index is 0.0486. The van der Waals surface area contributed by atoms with Crippen molar-refractivity contribution in [3.63, 3.8) is 0 Å². The van der Waals surface area contributed by atoms with Crippen LogP contribution in [0.2, 0.25) is 0 Å². The number of aromatic hydroxyl groups is 1. The molecule has 1 aromatic carbocycles.